The zero-order chi connectivity index (χ0) is 16.3. The number of piperazine rings is 1. The van der Waals surface area contributed by atoms with E-state index in [0.717, 1.165) is 5.69 Å². The van der Waals surface area contributed by atoms with Crippen LogP contribution in [0.25, 0.3) is 0 Å². The SMILES string of the molecule is CC(C)(C)OC(=O)N1CCN(c2c(Cl)cccc2C#N)CC1. The summed E-state index contributed by atoms with van der Waals surface area (Å²) in [7, 11) is 0. The van der Waals surface area contributed by atoms with Gasteiger partial charge in [-0.25, -0.2) is 4.79 Å². The smallest absolute Gasteiger partial charge is 0.410 e. The number of para-hydroxylation sites is 1. The standard InChI is InChI=1S/C16H20ClN3O2/c1-16(2,3)22-15(21)20-9-7-19(8-10-20)14-12(11-18)5-4-6-13(14)17/h4-6H,7-10H2,1-3H3. The average Bonchev–Trinajstić information content (AvgIpc) is 2.45. The van der Waals surface area contributed by atoms with Crippen LogP contribution in [0.1, 0.15) is 26.3 Å². The van der Waals surface area contributed by atoms with Gasteiger partial charge in [0.15, 0.2) is 0 Å². The van der Waals surface area contributed by atoms with Gasteiger partial charge in [-0.05, 0) is 32.9 Å². The minimum atomic E-state index is -0.495. The Morgan fingerprint density at radius 3 is 2.45 bits per heavy atom. The minimum Gasteiger partial charge on any atom is -0.444 e. The van der Waals surface area contributed by atoms with Gasteiger partial charge in [0, 0.05) is 26.2 Å². The number of carbonyl (C=O) groups is 1. The largest absolute Gasteiger partial charge is 0.444 e. The zero-order valence-electron chi connectivity index (χ0n) is 13.1. The van der Waals surface area contributed by atoms with Gasteiger partial charge in [0.2, 0.25) is 0 Å². The Labute approximate surface area is 136 Å². The third-order valence-electron chi connectivity index (χ3n) is 3.35. The van der Waals surface area contributed by atoms with E-state index in [2.05, 4.69) is 6.07 Å². The maximum atomic E-state index is 12.1. The van der Waals surface area contributed by atoms with Gasteiger partial charge in [0.25, 0.3) is 0 Å². The van der Waals surface area contributed by atoms with Crippen LogP contribution in [0.3, 0.4) is 0 Å². The van der Waals surface area contributed by atoms with Gasteiger partial charge < -0.3 is 14.5 Å². The highest BCUT2D eigenvalue weighted by atomic mass is 35.5. The maximum Gasteiger partial charge on any atom is 0.410 e. The van der Waals surface area contributed by atoms with E-state index in [0.29, 0.717) is 36.8 Å². The lowest BCUT2D eigenvalue weighted by molar-refractivity contribution is 0.0240. The molecule has 1 aliphatic heterocycles. The normalized spacial score (nSPS) is 15.4. The third kappa shape index (κ3) is 3.83. The first-order chi connectivity index (χ1) is 10.3. The molecule has 1 amide bonds. The number of halogens is 1. The first-order valence-corrected chi connectivity index (χ1v) is 7.61. The molecule has 6 heteroatoms. The molecule has 1 aromatic rings. The molecule has 22 heavy (non-hydrogen) atoms. The lowest BCUT2D eigenvalue weighted by Gasteiger charge is -2.37. The fourth-order valence-electron chi connectivity index (χ4n) is 2.37. The topological polar surface area (TPSA) is 56.6 Å². The van der Waals surface area contributed by atoms with E-state index in [1.165, 1.54) is 0 Å². The number of amides is 1. The molecule has 5 nitrogen and oxygen atoms in total. The van der Waals surface area contributed by atoms with Crippen molar-refractivity contribution in [2.45, 2.75) is 26.4 Å². The van der Waals surface area contributed by atoms with Gasteiger partial charge in [-0.1, -0.05) is 17.7 Å². The summed E-state index contributed by atoms with van der Waals surface area (Å²) >= 11 is 6.23. The highest BCUT2D eigenvalue weighted by Gasteiger charge is 2.27. The Bertz CT molecular complexity index is 596. The molecule has 0 aliphatic carbocycles. The summed E-state index contributed by atoms with van der Waals surface area (Å²) < 4.78 is 5.38. The minimum absolute atomic E-state index is 0.299. The van der Waals surface area contributed by atoms with E-state index >= 15 is 0 Å². The molecule has 1 fully saturated rings. The van der Waals surface area contributed by atoms with E-state index in [1.807, 2.05) is 25.7 Å². The van der Waals surface area contributed by atoms with E-state index in [9.17, 15) is 10.1 Å². The fraction of sp³-hybridized carbons (Fsp3) is 0.500. The van der Waals surface area contributed by atoms with Gasteiger partial charge in [-0.3, -0.25) is 0 Å². The third-order valence-corrected chi connectivity index (χ3v) is 3.66. The Morgan fingerprint density at radius 1 is 1.27 bits per heavy atom. The van der Waals surface area contributed by atoms with Crippen LogP contribution in [0.2, 0.25) is 5.02 Å². The molecule has 0 radical (unpaired) electrons. The quantitative estimate of drug-likeness (QED) is 0.796. The molecule has 1 heterocycles. The Kier molecular flexibility index (Phi) is 4.82. The van der Waals surface area contributed by atoms with Gasteiger partial charge in [-0.2, -0.15) is 5.26 Å². The number of hydrogen-bond donors (Lipinski definition) is 0. The van der Waals surface area contributed by atoms with Crippen molar-refractivity contribution in [1.82, 2.24) is 4.90 Å². The van der Waals surface area contributed by atoms with Crippen LogP contribution in [0, 0.1) is 11.3 Å². The summed E-state index contributed by atoms with van der Waals surface area (Å²) in [6.07, 6.45) is -0.299. The first-order valence-electron chi connectivity index (χ1n) is 7.23. The second-order valence-electron chi connectivity index (χ2n) is 6.20. The second kappa shape index (κ2) is 6.45. The number of nitriles is 1. The molecule has 0 unspecified atom stereocenters. The predicted octanol–water partition coefficient (Wildman–Crippen LogP) is 3.27. The molecule has 2 rings (SSSR count). The summed E-state index contributed by atoms with van der Waals surface area (Å²) in [5.41, 5.74) is 0.805. The van der Waals surface area contributed by atoms with E-state index in [4.69, 9.17) is 16.3 Å². The number of hydrogen-bond acceptors (Lipinski definition) is 4. The lowest BCUT2D eigenvalue weighted by atomic mass is 10.1. The van der Waals surface area contributed by atoms with Crippen LogP contribution in [-0.4, -0.2) is 42.8 Å². The second-order valence-corrected chi connectivity index (χ2v) is 6.61. The molecule has 0 saturated carbocycles. The molecule has 118 valence electrons. The summed E-state index contributed by atoms with van der Waals surface area (Å²) in [5.74, 6) is 0. The average molecular weight is 322 g/mol. The molecule has 1 aliphatic rings. The van der Waals surface area contributed by atoms with Crippen molar-refractivity contribution in [2.24, 2.45) is 0 Å². The van der Waals surface area contributed by atoms with E-state index in [-0.39, 0.29) is 6.09 Å². The monoisotopic (exact) mass is 321 g/mol. The Balaban J connectivity index is 2.04. The van der Waals surface area contributed by atoms with Crippen molar-refractivity contribution in [2.75, 3.05) is 31.1 Å². The molecule has 1 aromatic carbocycles. The van der Waals surface area contributed by atoms with Crippen LogP contribution < -0.4 is 4.90 Å². The molecule has 0 spiro atoms. The van der Waals surface area contributed by atoms with Crippen LogP contribution in [0.5, 0.6) is 0 Å². The molecule has 0 N–H and O–H groups in total. The Hall–Kier alpha value is -1.93. The molecule has 1 saturated heterocycles. The molecular weight excluding hydrogens is 302 g/mol. The highest BCUT2D eigenvalue weighted by molar-refractivity contribution is 6.33. The van der Waals surface area contributed by atoms with Gasteiger partial charge >= 0.3 is 6.09 Å². The number of ether oxygens (including phenoxy) is 1. The Morgan fingerprint density at radius 2 is 1.91 bits per heavy atom. The lowest BCUT2D eigenvalue weighted by Crippen LogP contribution is -2.50. The molecule has 0 bridgehead atoms. The van der Waals surface area contributed by atoms with E-state index in [1.54, 1.807) is 23.1 Å². The van der Waals surface area contributed by atoms with Crippen LogP contribution >= 0.6 is 11.6 Å². The number of anilines is 1. The van der Waals surface area contributed by atoms with Crippen LogP contribution in [0.15, 0.2) is 18.2 Å². The summed E-state index contributed by atoms with van der Waals surface area (Å²) in [5, 5.41) is 9.78. The van der Waals surface area contributed by atoms with Gasteiger partial charge in [0.05, 0.1) is 16.3 Å². The molecular formula is C16H20ClN3O2. The fourth-order valence-corrected chi connectivity index (χ4v) is 2.66. The number of carbonyl (C=O) groups excluding carboxylic acids is 1. The number of nitrogens with zero attached hydrogens (tertiary/aromatic N) is 3. The van der Waals surface area contributed by atoms with Crippen LogP contribution in [-0.2, 0) is 4.74 Å². The number of rotatable bonds is 1. The zero-order valence-corrected chi connectivity index (χ0v) is 13.9. The van der Waals surface area contributed by atoms with E-state index < -0.39 is 5.60 Å². The van der Waals surface area contributed by atoms with Gasteiger partial charge in [-0.15, -0.1) is 0 Å². The number of benzene rings is 1. The molecule has 0 atom stereocenters. The summed E-state index contributed by atoms with van der Waals surface area (Å²) in [6.45, 7) is 7.89. The maximum absolute atomic E-state index is 12.1. The van der Waals surface area contributed by atoms with Crippen molar-refractivity contribution in [3.63, 3.8) is 0 Å². The first kappa shape index (κ1) is 16.4. The van der Waals surface area contributed by atoms with Crippen LogP contribution in [0.4, 0.5) is 10.5 Å². The summed E-state index contributed by atoms with van der Waals surface area (Å²) in [4.78, 5) is 15.8. The highest BCUT2D eigenvalue weighted by Crippen LogP contribution is 2.30. The van der Waals surface area contributed by atoms with Gasteiger partial charge in [0.1, 0.15) is 11.7 Å². The molecule has 0 aromatic heterocycles. The summed E-state index contributed by atoms with van der Waals surface area (Å²) in [6, 6.07) is 7.46. The predicted molar refractivity (Wildman–Crippen MR) is 86.2 cm³/mol. The van der Waals surface area contributed by atoms with Crippen molar-refractivity contribution < 1.29 is 9.53 Å². The van der Waals surface area contributed by atoms with Crippen molar-refractivity contribution in [1.29, 1.82) is 5.26 Å². The van der Waals surface area contributed by atoms with Crippen molar-refractivity contribution >= 4 is 23.4 Å². The van der Waals surface area contributed by atoms with Crippen molar-refractivity contribution in [3.05, 3.63) is 28.8 Å². The van der Waals surface area contributed by atoms with Crippen molar-refractivity contribution in [3.8, 4) is 6.07 Å².